The first-order chi connectivity index (χ1) is 15.0. The zero-order chi connectivity index (χ0) is 22.0. The highest BCUT2D eigenvalue weighted by Crippen LogP contribution is 2.33. The Bertz CT molecular complexity index is 1320. The van der Waals surface area contributed by atoms with Crippen LogP contribution in [0.2, 0.25) is 0 Å². The van der Waals surface area contributed by atoms with Crippen LogP contribution in [-0.4, -0.2) is 33.7 Å². The number of pyridine rings is 2. The Morgan fingerprint density at radius 1 is 1.06 bits per heavy atom. The van der Waals surface area contributed by atoms with Crippen LogP contribution < -0.4 is 26.1 Å². The summed E-state index contributed by atoms with van der Waals surface area (Å²) in [6.07, 6.45) is 3.13. The smallest absolute Gasteiger partial charge is 0.264 e. The number of fused-ring (bicyclic) bond motifs is 1. The van der Waals surface area contributed by atoms with Crippen molar-refractivity contribution in [2.45, 2.75) is 6.54 Å². The van der Waals surface area contributed by atoms with Gasteiger partial charge in [-0.25, -0.2) is 15.0 Å². The van der Waals surface area contributed by atoms with Crippen molar-refractivity contribution in [1.82, 2.24) is 19.5 Å². The van der Waals surface area contributed by atoms with Crippen LogP contribution in [0, 0.1) is 0 Å². The van der Waals surface area contributed by atoms with Crippen LogP contribution in [0.15, 0.2) is 53.7 Å². The number of methoxy groups -OCH3 is 2. The third-order valence-corrected chi connectivity index (χ3v) is 4.89. The molecule has 1 aromatic carbocycles. The van der Waals surface area contributed by atoms with Crippen LogP contribution in [0.1, 0.15) is 5.56 Å². The minimum Gasteiger partial charge on any atom is -0.493 e. The average Bonchev–Trinajstić information content (AvgIpc) is 2.79. The molecule has 0 saturated heterocycles. The number of hydrogen-bond acceptors (Lipinski definition) is 8. The van der Waals surface area contributed by atoms with Gasteiger partial charge in [0.05, 0.1) is 31.8 Å². The molecule has 0 unspecified atom stereocenters. The van der Waals surface area contributed by atoms with Gasteiger partial charge in [0.25, 0.3) is 5.56 Å². The summed E-state index contributed by atoms with van der Waals surface area (Å²) in [5.41, 5.74) is 8.49. The molecule has 0 amide bonds. The van der Waals surface area contributed by atoms with Gasteiger partial charge >= 0.3 is 0 Å². The number of aromatic nitrogens is 4. The molecule has 9 nitrogen and oxygen atoms in total. The number of rotatable bonds is 6. The van der Waals surface area contributed by atoms with Gasteiger partial charge in [0.15, 0.2) is 11.5 Å². The van der Waals surface area contributed by atoms with Crippen LogP contribution in [-0.2, 0) is 13.6 Å². The first-order valence-electron chi connectivity index (χ1n) is 9.53. The van der Waals surface area contributed by atoms with E-state index in [0.29, 0.717) is 46.3 Å². The summed E-state index contributed by atoms with van der Waals surface area (Å²) in [7, 11) is 4.82. The summed E-state index contributed by atoms with van der Waals surface area (Å²) in [5.74, 6) is 2.06. The number of nitrogen functional groups attached to an aromatic ring is 1. The fraction of sp³-hybridized carbons (Fsp3) is 0.182. The highest BCUT2D eigenvalue weighted by molar-refractivity contribution is 5.91. The SMILES string of the molecule is COc1ccc(-c2cc3ncn(C)c(=O)c3c(NCc3ccnc(N)c3)n2)cc1OC. The van der Waals surface area contributed by atoms with E-state index in [-0.39, 0.29) is 5.56 Å². The first-order valence-corrected chi connectivity index (χ1v) is 9.53. The Morgan fingerprint density at radius 2 is 1.87 bits per heavy atom. The van der Waals surface area contributed by atoms with Gasteiger partial charge in [-0.15, -0.1) is 0 Å². The third-order valence-electron chi connectivity index (χ3n) is 4.89. The van der Waals surface area contributed by atoms with Gasteiger partial charge in [-0.1, -0.05) is 0 Å². The standard InChI is InChI=1S/C22H22N6O3/c1-28-12-26-16-10-15(14-4-5-17(30-2)18(9-14)31-3)27-21(20(16)22(28)29)25-11-13-6-7-24-19(23)8-13/h4-10,12H,11H2,1-3H3,(H2,23,24)(H,25,27). The van der Waals surface area contributed by atoms with E-state index in [0.717, 1.165) is 11.1 Å². The summed E-state index contributed by atoms with van der Waals surface area (Å²) < 4.78 is 12.2. The normalized spacial score (nSPS) is 10.8. The molecule has 9 heteroatoms. The van der Waals surface area contributed by atoms with E-state index < -0.39 is 0 Å². The van der Waals surface area contributed by atoms with Gasteiger partial charge < -0.3 is 25.1 Å². The maximum atomic E-state index is 12.8. The third kappa shape index (κ3) is 3.97. The summed E-state index contributed by atoms with van der Waals surface area (Å²) in [5, 5.41) is 3.67. The number of anilines is 2. The second-order valence-electron chi connectivity index (χ2n) is 6.92. The maximum absolute atomic E-state index is 12.8. The van der Waals surface area contributed by atoms with Crippen molar-refractivity contribution >= 4 is 22.5 Å². The van der Waals surface area contributed by atoms with E-state index in [2.05, 4.69) is 15.3 Å². The van der Waals surface area contributed by atoms with Crippen molar-refractivity contribution in [3.8, 4) is 22.8 Å². The summed E-state index contributed by atoms with van der Waals surface area (Å²) in [4.78, 5) is 26.0. The molecular formula is C22H22N6O3. The molecule has 0 aliphatic carbocycles. The fourth-order valence-corrected chi connectivity index (χ4v) is 3.28. The maximum Gasteiger partial charge on any atom is 0.264 e. The molecule has 31 heavy (non-hydrogen) atoms. The zero-order valence-corrected chi connectivity index (χ0v) is 17.4. The molecular weight excluding hydrogens is 396 g/mol. The Labute approximate surface area is 178 Å². The number of nitrogens with one attached hydrogen (secondary N) is 1. The summed E-state index contributed by atoms with van der Waals surface area (Å²) in [6, 6.07) is 10.9. The van der Waals surface area contributed by atoms with Gasteiger partial charge in [-0.05, 0) is 42.0 Å². The molecule has 0 aliphatic heterocycles. The van der Waals surface area contributed by atoms with Crippen LogP contribution in [0.4, 0.5) is 11.6 Å². The average molecular weight is 418 g/mol. The fourth-order valence-electron chi connectivity index (χ4n) is 3.28. The van der Waals surface area contributed by atoms with E-state index in [1.165, 1.54) is 10.9 Å². The van der Waals surface area contributed by atoms with Gasteiger partial charge in [0.1, 0.15) is 17.0 Å². The molecule has 3 N–H and O–H groups in total. The molecule has 3 aromatic heterocycles. The van der Waals surface area contributed by atoms with Crippen LogP contribution >= 0.6 is 0 Å². The highest BCUT2D eigenvalue weighted by atomic mass is 16.5. The zero-order valence-electron chi connectivity index (χ0n) is 17.4. The molecule has 4 rings (SSSR count). The number of benzene rings is 1. The molecule has 0 bridgehead atoms. The second-order valence-corrected chi connectivity index (χ2v) is 6.92. The van der Waals surface area contributed by atoms with Crippen molar-refractivity contribution in [3.05, 3.63) is 64.8 Å². The Morgan fingerprint density at radius 3 is 2.61 bits per heavy atom. The van der Waals surface area contributed by atoms with Crippen molar-refractivity contribution < 1.29 is 9.47 Å². The van der Waals surface area contributed by atoms with Crippen LogP contribution in [0.25, 0.3) is 22.2 Å². The Hall–Kier alpha value is -4.14. The minimum atomic E-state index is -0.187. The Balaban J connectivity index is 1.83. The molecule has 0 atom stereocenters. The molecule has 0 radical (unpaired) electrons. The lowest BCUT2D eigenvalue weighted by atomic mass is 10.1. The summed E-state index contributed by atoms with van der Waals surface area (Å²) in [6.45, 7) is 0.419. The summed E-state index contributed by atoms with van der Waals surface area (Å²) >= 11 is 0. The number of nitrogens with zero attached hydrogens (tertiary/aromatic N) is 4. The second kappa shape index (κ2) is 8.31. The molecule has 0 saturated carbocycles. The number of nitrogens with two attached hydrogens (primary N) is 1. The lowest BCUT2D eigenvalue weighted by molar-refractivity contribution is 0.355. The number of ether oxygens (including phenoxy) is 2. The van der Waals surface area contributed by atoms with E-state index in [4.69, 9.17) is 20.2 Å². The van der Waals surface area contributed by atoms with E-state index in [9.17, 15) is 4.79 Å². The van der Waals surface area contributed by atoms with Crippen molar-refractivity contribution in [1.29, 1.82) is 0 Å². The highest BCUT2D eigenvalue weighted by Gasteiger charge is 2.15. The quantitative estimate of drug-likeness (QED) is 0.491. The molecule has 4 aromatic rings. The molecule has 0 aliphatic rings. The molecule has 0 spiro atoms. The minimum absolute atomic E-state index is 0.187. The van der Waals surface area contributed by atoms with Crippen molar-refractivity contribution in [2.75, 3.05) is 25.3 Å². The number of aryl methyl sites for hydroxylation is 1. The lowest BCUT2D eigenvalue weighted by Gasteiger charge is -2.13. The molecule has 158 valence electrons. The Kier molecular flexibility index (Phi) is 5.40. The van der Waals surface area contributed by atoms with Crippen LogP contribution in [0.5, 0.6) is 11.5 Å². The molecule has 3 heterocycles. The predicted molar refractivity (Wildman–Crippen MR) is 119 cm³/mol. The monoisotopic (exact) mass is 418 g/mol. The van der Waals surface area contributed by atoms with E-state index >= 15 is 0 Å². The van der Waals surface area contributed by atoms with E-state index in [1.807, 2.05) is 24.3 Å². The number of hydrogen-bond donors (Lipinski definition) is 2. The topological polar surface area (TPSA) is 117 Å². The van der Waals surface area contributed by atoms with Crippen LogP contribution in [0.3, 0.4) is 0 Å². The largest absolute Gasteiger partial charge is 0.493 e. The van der Waals surface area contributed by atoms with Gasteiger partial charge in [0, 0.05) is 25.4 Å². The lowest BCUT2D eigenvalue weighted by Crippen LogP contribution is -2.19. The van der Waals surface area contributed by atoms with Gasteiger partial charge in [-0.2, -0.15) is 0 Å². The van der Waals surface area contributed by atoms with Crippen molar-refractivity contribution in [3.63, 3.8) is 0 Å². The van der Waals surface area contributed by atoms with Gasteiger partial charge in [-0.3, -0.25) is 4.79 Å². The molecule has 0 fully saturated rings. The van der Waals surface area contributed by atoms with Gasteiger partial charge in [0.2, 0.25) is 0 Å². The van der Waals surface area contributed by atoms with Crippen molar-refractivity contribution in [2.24, 2.45) is 7.05 Å². The predicted octanol–water partition coefficient (Wildman–Crippen LogP) is 2.60. The van der Waals surface area contributed by atoms with E-state index in [1.54, 1.807) is 39.6 Å². The first kappa shape index (κ1) is 20.1.